The molecule has 1 saturated heterocycles. The average Bonchev–Trinajstić information content (AvgIpc) is 2.52. The van der Waals surface area contributed by atoms with E-state index in [2.05, 4.69) is 10.2 Å². The van der Waals surface area contributed by atoms with Crippen molar-refractivity contribution in [3.8, 4) is 5.75 Å². The molecule has 1 N–H and O–H groups in total. The van der Waals surface area contributed by atoms with Crippen molar-refractivity contribution >= 4 is 17.5 Å². The molecule has 0 aliphatic carbocycles. The first-order valence-corrected chi connectivity index (χ1v) is 7.51. The third-order valence-corrected chi connectivity index (χ3v) is 3.94. The highest BCUT2D eigenvalue weighted by Gasteiger charge is 2.18. The van der Waals surface area contributed by atoms with E-state index in [1.54, 1.807) is 30.2 Å². The summed E-state index contributed by atoms with van der Waals surface area (Å²) in [5.41, 5.74) is 0.546. The summed E-state index contributed by atoms with van der Waals surface area (Å²) in [7, 11) is 3.36. The summed E-state index contributed by atoms with van der Waals surface area (Å²) in [6.45, 7) is 5.69. The van der Waals surface area contributed by atoms with E-state index in [1.807, 2.05) is 7.05 Å². The highest BCUT2D eigenvalue weighted by molar-refractivity contribution is 6.30. The number of nitrogens with zero attached hydrogens (tertiary/aromatic N) is 2. The first kappa shape index (κ1) is 16.1. The van der Waals surface area contributed by atoms with E-state index in [0.29, 0.717) is 22.9 Å². The Morgan fingerprint density at radius 2 is 2.14 bits per heavy atom. The van der Waals surface area contributed by atoms with Crippen LogP contribution in [0.5, 0.6) is 5.75 Å². The lowest BCUT2D eigenvalue weighted by atomic mass is 10.1. The molecule has 1 amide bonds. The predicted octanol–water partition coefficient (Wildman–Crippen LogP) is 1.33. The van der Waals surface area contributed by atoms with E-state index in [-0.39, 0.29) is 5.91 Å². The minimum Gasteiger partial charge on any atom is -0.496 e. The summed E-state index contributed by atoms with van der Waals surface area (Å²) in [5, 5.41) is 3.88. The Bertz CT molecular complexity index is 490. The van der Waals surface area contributed by atoms with Gasteiger partial charge in [-0.05, 0) is 18.2 Å². The standard InChI is InChI=1S/C15H22ClN3O2/c1-18(9-10-19-7-5-17-6-8-19)15(20)13-4-3-12(16)11-14(13)21-2/h3-4,11,17H,5-10H2,1-2H3. The zero-order valence-corrected chi connectivity index (χ0v) is 13.3. The molecule has 1 aliphatic heterocycles. The van der Waals surface area contributed by atoms with E-state index in [0.717, 1.165) is 32.7 Å². The van der Waals surface area contributed by atoms with E-state index < -0.39 is 0 Å². The lowest BCUT2D eigenvalue weighted by Gasteiger charge is -2.29. The molecule has 1 heterocycles. The maximum atomic E-state index is 12.5. The van der Waals surface area contributed by atoms with E-state index >= 15 is 0 Å². The number of carbonyl (C=O) groups is 1. The number of carbonyl (C=O) groups excluding carboxylic acids is 1. The number of rotatable bonds is 5. The average molecular weight is 312 g/mol. The van der Waals surface area contributed by atoms with Crippen LogP contribution in [0.25, 0.3) is 0 Å². The van der Waals surface area contributed by atoms with Crippen LogP contribution in [-0.2, 0) is 0 Å². The topological polar surface area (TPSA) is 44.8 Å². The summed E-state index contributed by atoms with van der Waals surface area (Å²) in [6, 6.07) is 5.09. The van der Waals surface area contributed by atoms with Gasteiger partial charge in [-0.3, -0.25) is 9.69 Å². The summed E-state index contributed by atoms with van der Waals surface area (Å²) in [5.74, 6) is 0.472. The first-order valence-electron chi connectivity index (χ1n) is 7.14. The van der Waals surface area contributed by atoms with Gasteiger partial charge in [-0.25, -0.2) is 0 Å². The van der Waals surface area contributed by atoms with Crippen molar-refractivity contribution < 1.29 is 9.53 Å². The van der Waals surface area contributed by atoms with Crippen LogP contribution in [0, 0.1) is 0 Å². The van der Waals surface area contributed by atoms with Gasteiger partial charge in [0.2, 0.25) is 0 Å². The quantitative estimate of drug-likeness (QED) is 0.891. The fourth-order valence-electron chi connectivity index (χ4n) is 2.38. The van der Waals surface area contributed by atoms with Gasteiger partial charge in [0.25, 0.3) is 5.91 Å². The van der Waals surface area contributed by atoms with Gasteiger partial charge in [-0.15, -0.1) is 0 Å². The SMILES string of the molecule is COc1cc(Cl)ccc1C(=O)N(C)CCN1CCNCC1. The van der Waals surface area contributed by atoms with Crippen LogP contribution in [0.4, 0.5) is 0 Å². The van der Waals surface area contributed by atoms with Crippen LogP contribution in [0.1, 0.15) is 10.4 Å². The van der Waals surface area contributed by atoms with E-state index in [9.17, 15) is 4.79 Å². The van der Waals surface area contributed by atoms with Crippen molar-refractivity contribution in [2.45, 2.75) is 0 Å². The summed E-state index contributed by atoms with van der Waals surface area (Å²) in [4.78, 5) is 16.6. The molecule has 0 unspecified atom stereocenters. The zero-order chi connectivity index (χ0) is 15.2. The maximum absolute atomic E-state index is 12.5. The molecule has 2 rings (SSSR count). The number of nitrogens with one attached hydrogen (secondary N) is 1. The Morgan fingerprint density at radius 3 is 2.81 bits per heavy atom. The molecule has 6 heteroatoms. The Kier molecular flexibility index (Phi) is 5.85. The highest BCUT2D eigenvalue weighted by atomic mass is 35.5. The molecule has 0 bridgehead atoms. The molecule has 1 aliphatic rings. The smallest absolute Gasteiger partial charge is 0.257 e. The number of hydrogen-bond acceptors (Lipinski definition) is 4. The molecule has 0 spiro atoms. The van der Waals surface area contributed by atoms with Crippen molar-refractivity contribution in [1.82, 2.24) is 15.1 Å². The fraction of sp³-hybridized carbons (Fsp3) is 0.533. The number of amides is 1. The lowest BCUT2D eigenvalue weighted by molar-refractivity contribution is 0.0771. The van der Waals surface area contributed by atoms with Gasteiger partial charge < -0.3 is 15.0 Å². The van der Waals surface area contributed by atoms with Gasteiger partial charge >= 0.3 is 0 Å². The Morgan fingerprint density at radius 1 is 1.43 bits per heavy atom. The third kappa shape index (κ3) is 4.33. The summed E-state index contributed by atoms with van der Waals surface area (Å²) < 4.78 is 5.24. The molecule has 0 aromatic heterocycles. The Hall–Kier alpha value is -1.30. The van der Waals surface area contributed by atoms with Crippen LogP contribution in [0.3, 0.4) is 0 Å². The molecular formula is C15H22ClN3O2. The molecule has 21 heavy (non-hydrogen) atoms. The van der Waals surface area contributed by atoms with Crippen LogP contribution in [-0.4, -0.2) is 69.1 Å². The van der Waals surface area contributed by atoms with Crippen molar-refractivity contribution in [3.63, 3.8) is 0 Å². The van der Waals surface area contributed by atoms with Gasteiger partial charge in [-0.2, -0.15) is 0 Å². The van der Waals surface area contributed by atoms with Crippen molar-refractivity contribution in [3.05, 3.63) is 28.8 Å². The normalized spacial score (nSPS) is 15.8. The molecular weight excluding hydrogens is 290 g/mol. The van der Waals surface area contributed by atoms with Gasteiger partial charge in [0.1, 0.15) is 5.75 Å². The van der Waals surface area contributed by atoms with Gasteiger partial charge in [-0.1, -0.05) is 11.6 Å². The molecule has 1 aromatic rings. The zero-order valence-electron chi connectivity index (χ0n) is 12.6. The number of piperazine rings is 1. The molecule has 0 atom stereocenters. The second-order valence-corrected chi connectivity index (χ2v) is 5.60. The van der Waals surface area contributed by atoms with Gasteiger partial charge in [0, 0.05) is 51.3 Å². The second-order valence-electron chi connectivity index (χ2n) is 5.16. The number of methoxy groups -OCH3 is 1. The van der Waals surface area contributed by atoms with Crippen molar-refractivity contribution in [2.24, 2.45) is 0 Å². The fourth-order valence-corrected chi connectivity index (χ4v) is 2.54. The summed E-state index contributed by atoms with van der Waals surface area (Å²) >= 11 is 5.93. The Balaban J connectivity index is 1.95. The molecule has 0 saturated carbocycles. The number of likely N-dealkylation sites (N-methyl/N-ethyl adjacent to an activating group) is 1. The minimum atomic E-state index is -0.0429. The molecule has 1 aromatic carbocycles. The van der Waals surface area contributed by atoms with Crippen molar-refractivity contribution in [2.75, 3.05) is 53.4 Å². The predicted molar refractivity (Wildman–Crippen MR) is 84.3 cm³/mol. The Labute approximate surface area is 130 Å². The van der Waals surface area contributed by atoms with Crippen LogP contribution < -0.4 is 10.1 Å². The van der Waals surface area contributed by atoms with Crippen LogP contribution in [0.15, 0.2) is 18.2 Å². The molecule has 1 fully saturated rings. The highest BCUT2D eigenvalue weighted by Crippen LogP contribution is 2.24. The molecule has 116 valence electrons. The maximum Gasteiger partial charge on any atom is 0.257 e. The largest absolute Gasteiger partial charge is 0.496 e. The molecule has 5 nitrogen and oxygen atoms in total. The minimum absolute atomic E-state index is 0.0429. The van der Waals surface area contributed by atoms with Gasteiger partial charge in [0.15, 0.2) is 0 Å². The second kappa shape index (κ2) is 7.64. The van der Waals surface area contributed by atoms with E-state index in [4.69, 9.17) is 16.3 Å². The number of halogens is 1. The number of benzene rings is 1. The first-order chi connectivity index (χ1) is 10.1. The lowest BCUT2D eigenvalue weighted by Crippen LogP contribution is -2.46. The molecule has 0 radical (unpaired) electrons. The van der Waals surface area contributed by atoms with Crippen molar-refractivity contribution in [1.29, 1.82) is 0 Å². The number of ether oxygens (including phenoxy) is 1. The van der Waals surface area contributed by atoms with Crippen LogP contribution in [0.2, 0.25) is 5.02 Å². The monoisotopic (exact) mass is 311 g/mol. The van der Waals surface area contributed by atoms with Gasteiger partial charge in [0.05, 0.1) is 12.7 Å². The third-order valence-electron chi connectivity index (χ3n) is 3.70. The van der Waals surface area contributed by atoms with E-state index in [1.165, 1.54) is 0 Å². The van der Waals surface area contributed by atoms with Crippen LogP contribution >= 0.6 is 11.6 Å². The summed E-state index contributed by atoms with van der Waals surface area (Å²) in [6.07, 6.45) is 0. The number of hydrogen-bond donors (Lipinski definition) is 1.